The number of carbonyl (C=O) groups excluding carboxylic acids is 2. The van der Waals surface area contributed by atoms with Gasteiger partial charge < -0.3 is 10.7 Å². The molecule has 0 amide bonds. The fraction of sp³-hybridized carbons (Fsp3) is 0. The van der Waals surface area contributed by atoms with E-state index in [2.05, 4.69) is 4.98 Å². The van der Waals surface area contributed by atoms with Crippen LogP contribution in [-0.2, 0) is 0 Å². The van der Waals surface area contributed by atoms with Crippen molar-refractivity contribution in [2.75, 3.05) is 5.73 Å². The number of hydrogen-bond donors (Lipinski definition) is 2. The number of H-pyrrole nitrogens is 1. The summed E-state index contributed by atoms with van der Waals surface area (Å²) in [5.41, 5.74) is 8.62. The molecule has 0 aliphatic heterocycles. The van der Waals surface area contributed by atoms with Crippen LogP contribution in [0.5, 0.6) is 0 Å². The molecule has 3 N–H and O–H groups in total. The Bertz CT molecular complexity index is 1250. The number of nitrogens with two attached hydrogens (primary N) is 1. The van der Waals surface area contributed by atoms with Gasteiger partial charge in [-0.2, -0.15) is 0 Å². The van der Waals surface area contributed by atoms with E-state index in [0.29, 0.717) is 32.3 Å². The number of anilines is 1. The number of nitrogens with one attached hydrogen (secondary N) is 1. The minimum atomic E-state index is -0.330. The predicted molar refractivity (Wildman–Crippen MR) is 120 cm³/mol. The number of nitrogen functional groups attached to an aromatic ring is 1. The minimum absolute atomic E-state index is 0.115. The molecule has 0 aliphatic rings. The number of hydrogen-bond acceptors (Lipinski definition) is 3. The first-order valence-electron chi connectivity index (χ1n) is 9.13. The lowest BCUT2D eigenvalue weighted by molar-refractivity contribution is 0.103. The Kier molecular flexibility index (Phi) is 5.44. The van der Waals surface area contributed by atoms with E-state index in [9.17, 15) is 9.59 Å². The molecule has 4 nitrogen and oxygen atoms in total. The monoisotopic (exact) mass is 434 g/mol. The van der Waals surface area contributed by atoms with Gasteiger partial charge in [0, 0.05) is 26.7 Å². The van der Waals surface area contributed by atoms with Gasteiger partial charge in [0.15, 0.2) is 5.78 Å². The summed E-state index contributed by atoms with van der Waals surface area (Å²) in [6.45, 7) is 0. The molecule has 0 bridgehead atoms. The summed E-state index contributed by atoms with van der Waals surface area (Å²) >= 11 is 12.1. The predicted octanol–water partition coefficient (Wildman–Crippen LogP) is 6.03. The van der Waals surface area contributed by atoms with E-state index in [4.69, 9.17) is 28.9 Å². The van der Waals surface area contributed by atoms with E-state index in [0.717, 1.165) is 0 Å². The van der Waals surface area contributed by atoms with E-state index in [1.807, 2.05) is 6.07 Å². The zero-order valence-electron chi connectivity index (χ0n) is 15.7. The first-order valence-corrected chi connectivity index (χ1v) is 9.88. The molecule has 1 heterocycles. The quantitative estimate of drug-likeness (QED) is 0.376. The van der Waals surface area contributed by atoms with Crippen molar-refractivity contribution >= 4 is 40.6 Å². The van der Waals surface area contributed by atoms with Gasteiger partial charge >= 0.3 is 0 Å². The second-order valence-electron chi connectivity index (χ2n) is 6.71. The van der Waals surface area contributed by atoms with Gasteiger partial charge in [0.1, 0.15) is 5.82 Å². The molecule has 0 radical (unpaired) electrons. The fourth-order valence-corrected chi connectivity index (χ4v) is 3.65. The molecule has 0 spiro atoms. The highest BCUT2D eigenvalue weighted by Gasteiger charge is 2.27. The smallest absolute Gasteiger partial charge is 0.209 e. The highest BCUT2D eigenvalue weighted by molar-refractivity contribution is 6.31. The summed E-state index contributed by atoms with van der Waals surface area (Å²) in [5.74, 6) is -0.482. The van der Waals surface area contributed by atoms with E-state index in [-0.39, 0.29) is 28.6 Å². The van der Waals surface area contributed by atoms with Gasteiger partial charge in [-0.3, -0.25) is 9.59 Å². The summed E-state index contributed by atoms with van der Waals surface area (Å²) in [7, 11) is 0. The molecule has 3 aromatic carbocycles. The van der Waals surface area contributed by atoms with E-state index in [1.54, 1.807) is 72.8 Å². The summed E-state index contributed by atoms with van der Waals surface area (Å²) in [4.78, 5) is 29.5. The van der Waals surface area contributed by atoms with Crippen molar-refractivity contribution in [2.24, 2.45) is 0 Å². The lowest BCUT2D eigenvalue weighted by atomic mass is 9.93. The van der Waals surface area contributed by atoms with E-state index >= 15 is 0 Å². The van der Waals surface area contributed by atoms with Gasteiger partial charge in [-0.25, -0.2) is 0 Å². The third-order valence-corrected chi connectivity index (χ3v) is 5.23. The number of benzene rings is 3. The first kappa shape index (κ1) is 20.0. The molecular weight excluding hydrogens is 419 g/mol. The lowest BCUT2D eigenvalue weighted by Crippen LogP contribution is -2.06. The van der Waals surface area contributed by atoms with E-state index in [1.165, 1.54) is 0 Å². The molecule has 4 rings (SSSR count). The average molecular weight is 435 g/mol. The van der Waals surface area contributed by atoms with Crippen LogP contribution in [0.15, 0.2) is 78.9 Å². The van der Waals surface area contributed by atoms with Crippen LogP contribution in [0.25, 0.3) is 11.1 Å². The highest BCUT2D eigenvalue weighted by atomic mass is 35.5. The molecule has 0 fully saturated rings. The Balaban J connectivity index is 1.94. The number of ketones is 2. The van der Waals surface area contributed by atoms with Crippen molar-refractivity contribution in [1.29, 1.82) is 0 Å². The van der Waals surface area contributed by atoms with Crippen molar-refractivity contribution in [3.8, 4) is 11.1 Å². The highest BCUT2D eigenvalue weighted by Crippen LogP contribution is 2.35. The van der Waals surface area contributed by atoms with Crippen molar-refractivity contribution in [1.82, 2.24) is 4.98 Å². The molecule has 0 atom stereocenters. The largest absolute Gasteiger partial charge is 0.385 e. The zero-order valence-corrected chi connectivity index (χ0v) is 17.2. The van der Waals surface area contributed by atoms with Gasteiger partial charge in [0.2, 0.25) is 5.78 Å². The molecule has 0 saturated carbocycles. The number of rotatable bonds is 5. The maximum Gasteiger partial charge on any atom is 0.209 e. The minimum Gasteiger partial charge on any atom is -0.385 e. The van der Waals surface area contributed by atoms with Crippen LogP contribution in [-0.4, -0.2) is 16.6 Å². The van der Waals surface area contributed by atoms with Gasteiger partial charge in [-0.05, 0) is 29.8 Å². The molecular formula is C24H16Cl2N2O2. The molecule has 1 aromatic heterocycles. The van der Waals surface area contributed by atoms with Crippen LogP contribution in [0.3, 0.4) is 0 Å². The maximum absolute atomic E-state index is 13.4. The summed E-state index contributed by atoms with van der Waals surface area (Å²) in [6, 6.07) is 22.3. The second-order valence-corrected chi connectivity index (χ2v) is 7.58. The summed E-state index contributed by atoms with van der Waals surface area (Å²) < 4.78 is 0. The average Bonchev–Trinajstić information content (AvgIpc) is 3.11. The first-order chi connectivity index (χ1) is 14.5. The molecule has 4 aromatic rings. The third-order valence-electron chi connectivity index (χ3n) is 4.74. The van der Waals surface area contributed by atoms with Crippen molar-refractivity contribution in [3.63, 3.8) is 0 Å². The van der Waals surface area contributed by atoms with Gasteiger partial charge in [0.05, 0.1) is 11.3 Å². The number of aromatic nitrogens is 1. The summed E-state index contributed by atoms with van der Waals surface area (Å²) in [5, 5.41) is 0.976. The van der Waals surface area contributed by atoms with Gasteiger partial charge in [-0.15, -0.1) is 0 Å². The SMILES string of the molecule is Nc1[nH]c(C(=O)c2ccccc2)c(-c2ccc(Cl)cc2)c1C(=O)c1cccc(Cl)c1. The van der Waals surface area contributed by atoms with Crippen LogP contribution < -0.4 is 5.73 Å². The van der Waals surface area contributed by atoms with Gasteiger partial charge in [0.25, 0.3) is 0 Å². The zero-order chi connectivity index (χ0) is 21.3. The van der Waals surface area contributed by atoms with Crippen molar-refractivity contribution in [3.05, 3.63) is 111 Å². The molecule has 0 aliphatic carbocycles. The standard InChI is InChI=1S/C24H16Cl2N2O2/c25-17-11-9-14(10-12-17)19-20(22(29)16-7-4-8-18(26)13-16)24(27)28-21(19)23(30)15-5-2-1-3-6-15/h1-13,28H,27H2. The van der Waals surface area contributed by atoms with Crippen LogP contribution >= 0.6 is 23.2 Å². The topological polar surface area (TPSA) is 76.0 Å². The Morgan fingerprint density at radius 2 is 1.40 bits per heavy atom. The summed E-state index contributed by atoms with van der Waals surface area (Å²) in [6.07, 6.45) is 0. The maximum atomic E-state index is 13.4. The normalized spacial score (nSPS) is 10.7. The third kappa shape index (κ3) is 3.75. The van der Waals surface area contributed by atoms with Crippen LogP contribution in [0.2, 0.25) is 10.0 Å². The molecule has 0 unspecified atom stereocenters. The number of halogens is 2. The van der Waals surface area contributed by atoms with Crippen LogP contribution in [0, 0.1) is 0 Å². The Hall–Kier alpha value is -3.34. The van der Waals surface area contributed by atoms with Gasteiger partial charge in [-0.1, -0.05) is 77.8 Å². The van der Waals surface area contributed by atoms with Crippen molar-refractivity contribution < 1.29 is 9.59 Å². The molecule has 6 heteroatoms. The van der Waals surface area contributed by atoms with Crippen molar-refractivity contribution in [2.45, 2.75) is 0 Å². The fourth-order valence-electron chi connectivity index (χ4n) is 3.34. The lowest BCUT2D eigenvalue weighted by Gasteiger charge is -2.08. The van der Waals surface area contributed by atoms with E-state index < -0.39 is 0 Å². The number of carbonyl (C=O) groups is 2. The Morgan fingerprint density at radius 3 is 2.07 bits per heavy atom. The molecule has 148 valence electrons. The van der Waals surface area contributed by atoms with Crippen LogP contribution in [0.4, 0.5) is 5.82 Å². The number of aromatic amines is 1. The Labute approximate surface area is 183 Å². The second kappa shape index (κ2) is 8.19. The molecule has 30 heavy (non-hydrogen) atoms. The Morgan fingerprint density at radius 1 is 0.733 bits per heavy atom. The van der Waals surface area contributed by atoms with Crippen LogP contribution in [0.1, 0.15) is 32.0 Å². The molecule has 0 saturated heterocycles.